The average Bonchev–Trinajstić information content (AvgIpc) is 2.84. The average molecular weight is 276 g/mol. The van der Waals surface area contributed by atoms with E-state index in [0.717, 1.165) is 17.7 Å². The summed E-state index contributed by atoms with van der Waals surface area (Å²) in [5.74, 6) is 0. The van der Waals surface area contributed by atoms with Crippen molar-refractivity contribution in [2.45, 2.75) is 19.5 Å². The van der Waals surface area contributed by atoms with Crippen LogP contribution in [0.2, 0.25) is 8.67 Å². The van der Waals surface area contributed by atoms with Crippen molar-refractivity contribution in [1.29, 1.82) is 0 Å². The SMILES string of the molecule is CCn1cc(C(N)c2cc(Cl)sc2Cl)cn1. The molecule has 6 heteroatoms. The summed E-state index contributed by atoms with van der Waals surface area (Å²) in [5, 5.41) is 4.18. The molecule has 0 saturated heterocycles. The van der Waals surface area contributed by atoms with Crippen molar-refractivity contribution >= 4 is 34.5 Å². The molecule has 0 bridgehead atoms. The van der Waals surface area contributed by atoms with E-state index < -0.39 is 0 Å². The van der Waals surface area contributed by atoms with Crippen LogP contribution in [0.4, 0.5) is 0 Å². The maximum absolute atomic E-state index is 6.11. The molecule has 0 saturated carbocycles. The van der Waals surface area contributed by atoms with Gasteiger partial charge in [0, 0.05) is 23.9 Å². The third kappa shape index (κ3) is 2.25. The van der Waals surface area contributed by atoms with Crippen LogP contribution in [0, 0.1) is 0 Å². The number of nitrogens with two attached hydrogens (primary N) is 1. The van der Waals surface area contributed by atoms with Gasteiger partial charge in [-0.3, -0.25) is 4.68 Å². The Morgan fingerprint density at radius 2 is 2.31 bits per heavy atom. The number of thiophene rings is 1. The second kappa shape index (κ2) is 4.75. The minimum Gasteiger partial charge on any atom is -0.320 e. The maximum atomic E-state index is 6.11. The predicted molar refractivity (Wildman–Crippen MR) is 68.3 cm³/mol. The van der Waals surface area contributed by atoms with Crippen LogP contribution < -0.4 is 5.73 Å². The summed E-state index contributed by atoms with van der Waals surface area (Å²) in [6.07, 6.45) is 3.68. The van der Waals surface area contributed by atoms with Gasteiger partial charge in [0.05, 0.1) is 20.9 Å². The van der Waals surface area contributed by atoms with Crippen molar-refractivity contribution in [1.82, 2.24) is 9.78 Å². The summed E-state index contributed by atoms with van der Waals surface area (Å²) >= 11 is 13.3. The molecule has 86 valence electrons. The second-order valence-corrected chi connectivity index (χ2v) is 5.67. The maximum Gasteiger partial charge on any atom is 0.0995 e. The molecule has 0 aliphatic rings. The zero-order valence-electron chi connectivity index (χ0n) is 8.65. The van der Waals surface area contributed by atoms with E-state index >= 15 is 0 Å². The molecule has 2 rings (SSSR count). The Hall–Kier alpha value is -0.550. The first-order valence-corrected chi connectivity index (χ1v) is 6.41. The van der Waals surface area contributed by atoms with Crippen molar-refractivity contribution in [3.63, 3.8) is 0 Å². The Morgan fingerprint density at radius 1 is 1.56 bits per heavy atom. The molecule has 0 amide bonds. The molecule has 0 radical (unpaired) electrons. The lowest BCUT2D eigenvalue weighted by Crippen LogP contribution is -2.10. The van der Waals surface area contributed by atoms with E-state index in [1.807, 2.05) is 23.9 Å². The first kappa shape index (κ1) is 11.9. The standard InChI is InChI=1S/C10H11Cl2N3S/c1-2-15-5-6(4-14-15)9(13)7-3-8(11)16-10(7)12/h3-5,9H,2,13H2,1H3. The van der Waals surface area contributed by atoms with Crippen molar-refractivity contribution < 1.29 is 0 Å². The van der Waals surface area contributed by atoms with E-state index in [4.69, 9.17) is 28.9 Å². The highest BCUT2D eigenvalue weighted by atomic mass is 35.5. The summed E-state index contributed by atoms with van der Waals surface area (Å²) in [7, 11) is 0. The molecule has 2 heterocycles. The Balaban J connectivity index is 2.31. The summed E-state index contributed by atoms with van der Waals surface area (Å²) in [4.78, 5) is 0. The molecule has 16 heavy (non-hydrogen) atoms. The molecule has 2 aromatic heterocycles. The largest absolute Gasteiger partial charge is 0.320 e. The Bertz CT molecular complexity index is 492. The number of aryl methyl sites for hydroxylation is 1. The predicted octanol–water partition coefficient (Wildman–Crippen LogP) is 3.32. The molecule has 2 aromatic rings. The number of halogens is 2. The Labute approximate surface area is 108 Å². The van der Waals surface area contributed by atoms with E-state index in [2.05, 4.69) is 5.10 Å². The van der Waals surface area contributed by atoms with Gasteiger partial charge in [-0.2, -0.15) is 5.10 Å². The number of hydrogen-bond donors (Lipinski definition) is 1. The van der Waals surface area contributed by atoms with Gasteiger partial charge in [-0.25, -0.2) is 0 Å². The zero-order valence-corrected chi connectivity index (χ0v) is 11.0. The minimum absolute atomic E-state index is 0.267. The van der Waals surface area contributed by atoms with E-state index in [-0.39, 0.29) is 6.04 Å². The van der Waals surface area contributed by atoms with E-state index in [1.165, 1.54) is 11.3 Å². The molecule has 0 aromatic carbocycles. The highest BCUT2D eigenvalue weighted by molar-refractivity contribution is 7.20. The van der Waals surface area contributed by atoms with Crippen molar-refractivity contribution in [3.05, 3.63) is 38.3 Å². The summed E-state index contributed by atoms with van der Waals surface area (Å²) < 4.78 is 3.12. The van der Waals surface area contributed by atoms with Gasteiger partial charge in [-0.1, -0.05) is 23.2 Å². The normalized spacial score (nSPS) is 13.0. The van der Waals surface area contributed by atoms with Crippen LogP contribution >= 0.6 is 34.5 Å². The fourth-order valence-corrected chi connectivity index (χ4v) is 3.01. The van der Waals surface area contributed by atoms with Gasteiger partial charge >= 0.3 is 0 Å². The van der Waals surface area contributed by atoms with Crippen LogP contribution in [0.3, 0.4) is 0 Å². The highest BCUT2D eigenvalue weighted by Crippen LogP contribution is 2.36. The monoisotopic (exact) mass is 275 g/mol. The van der Waals surface area contributed by atoms with Crippen LogP contribution in [0.25, 0.3) is 0 Å². The lowest BCUT2D eigenvalue weighted by atomic mass is 10.1. The third-order valence-electron chi connectivity index (χ3n) is 2.35. The van der Waals surface area contributed by atoms with Gasteiger partial charge in [0.2, 0.25) is 0 Å². The first-order valence-electron chi connectivity index (χ1n) is 4.84. The van der Waals surface area contributed by atoms with E-state index in [1.54, 1.807) is 6.20 Å². The Morgan fingerprint density at radius 3 is 2.81 bits per heavy atom. The molecule has 0 aliphatic carbocycles. The first-order chi connectivity index (χ1) is 7.61. The number of nitrogens with zero attached hydrogens (tertiary/aromatic N) is 2. The van der Waals surface area contributed by atoms with Gasteiger partial charge in [0.15, 0.2) is 0 Å². The number of hydrogen-bond acceptors (Lipinski definition) is 3. The fourth-order valence-electron chi connectivity index (χ4n) is 1.46. The molecule has 2 N–H and O–H groups in total. The van der Waals surface area contributed by atoms with Crippen molar-refractivity contribution in [2.24, 2.45) is 5.73 Å². The van der Waals surface area contributed by atoms with E-state index in [0.29, 0.717) is 8.67 Å². The van der Waals surface area contributed by atoms with Gasteiger partial charge < -0.3 is 5.73 Å². The number of aromatic nitrogens is 2. The third-order valence-corrected chi connectivity index (χ3v) is 3.87. The van der Waals surface area contributed by atoms with Gasteiger partial charge in [-0.05, 0) is 13.0 Å². The van der Waals surface area contributed by atoms with Crippen molar-refractivity contribution in [3.8, 4) is 0 Å². The highest BCUT2D eigenvalue weighted by Gasteiger charge is 2.16. The molecule has 1 unspecified atom stereocenters. The fraction of sp³-hybridized carbons (Fsp3) is 0.300. The molecule has 1 atom stereocenters. The summed E-state index contributed by atoms with van der Waals surface area (Å²) in [5.41, 5.74) is 7.91. The molecular weight excluding hydrogens is 265 g/mol. The van der Waals surface area contributed by atoms with Crippen LogP contribution in [-0.2, 0) is 6.54 Å². The lowest BCUT2D eigenvalue weighted by molar-refractivity contribution is 0.658. The molecule has 0 fully saturated rings. The van der Waals surface area contributed by atoms with Gasteiger partial charge in [0.1, 0.15) is 0 Å². The topological polar surface area (TPSA) is 43.8 Å². The van der Waals surface area contributed by atoms with E-state index in [9.17, 15) is 0 Å². The molecular formula is C10H11Cl2N3S. The Kier molecular flexibility index (Phi) is 3.54. The molecule has 3 nitrogen and oxygen atoms in total. The van der Waals surface area contributed by atoms with Crippen molar-refractivity contribution in [2.75, 3.05) is 0 Å². The second-order valence-electron chi connectivity index (χ2n) is 3.39. The zero-order chi connectivity index (χ0) is 11.7. The van der Waals surface area contributed by atoms with Crippen LogP contribution in [0.15, 0.2) is 18.5 Å². The molecule has 0 aliphatic heterocycles. The minimum atomic E-state index is -0.267. The van der Waals surface area contributed by atoms with Crippen LogP contribution in [0.5, 0.6) is 0 Å². The lowest BCUT2D eigenvalue weighted by Gasteiger charge is -2.07. The smallest absolute Gasteiger partial charge is 0.0995 e. The van der Waals surface area contributed by atoms with Crippen LogP contribution in [-0.4, -0.2) is 9.78 Å². The molecule has 0 spiro atoms. The summed E-state index contributed by atoms with van der Waals surface area (Å²) in [6.45, 7) is 2.85. The number of rotatable bonds is 3. The van der Waals surface area contributed by atoms with Crippen LogP contribution in [0.1, 0.15) is 24.1 Å². The van der Waals surface area contributed by atoms with Gasteiger partial charge in [-0.15, -0.1) is 11.3 Å². The quantitative estimate of drug-likeness (QED) is 0.934. The summed E-state index contributed by atoms with van der Waals surface area (Å²) in [6, 6.07) is 1.54. The van der Waals surface area contributed by atoms with Gasteiger partial charge in [0.25, 0.3) is 0 Å².